The number of hydrogen-bond donors (Lipinski definition) is 3. The summed E-state index contributed by atoms with van der Waals surface area (Å²) >= 11 is 0. The van der Waals surface area contributed by atoms with Crippen LogP contribution in [0.2, 0.25) is 0 Å². The zero-order valence-electron chi connectivity index (χ0n) is 21.0. The minimum Gasteiger partial charge on any atom is -0.465 e. The Hall–Kier alpha value is -4.20. The highest BCUT2D eigenvalue weighted by molar-refractivity contribution is 7.93. The van der Waals surface area contributed by atoms with Gasteiger partial charge in [-0.15, -0.1) is 0 Å². The Morgan fingerprint density at radius 1 is 0.789 bits per heavy atom. The van der Waals surface area contributed by atoms with Gasteiger partial charge in [-0.2, -0.15) is 0 Å². The van der Waals surface area contributed by atoms with Gasteiger partial charge in [0.05, 0.1) is 5.54 Å². The van der Waals surface area contributed by atoms with Crippen molar-refractivity contribution in [2.45, 2.75) is 18.0 Å². The molecule has 0 bridgehead atoms. The molecule has 1 unspecified atom stereocenters. The van der Waals surface area contributed by atoms with Gasteiger partial charge < -0.3 is 5.11 Å². The number of carboxylic acid groups (broad SMARTS) is 1. The zero-order chi connectivity index (χ0) is 27.0. The van der Waals surface area contributed by atoms with Gasteiger partial charge in [0, 0.05) is 23.4 Å². The lowest BCUT2D eigenvalue weighted by Crippen LogP contribution is -2.50. The van der Waals surface area contributed by atoms with Crippen LogP contribution in [-0.2, 0) is 21.8 Å². The van der Waals surface area contributed by atoms with Crippen molar-refractivity contribution in [2.24, 2.45) is 0 Å². The van der Waals surface area contributed by atoms with Gasteiger partial charge in [-0.25, -0.2) is 13.2 Å². The van der Waals surface area contributed by atoms with Crippen molar-refractivity contribution >= 4 is 21.6 Å². The molecule has 4 aromatic rings. The topological polar surface area (TPSA) is 95.5 Å². The normalized spacial score (nSPS) is 12.8. The largest absolute Gasteiger partial charge is 0.465 e. The molecule has 4 aromatic carbocycles. The van der Waals surface area contributed by atoms with E-state index in [1.807, 2.05) is 66.7 Å². The van der Waals surface area contributed by atoms with Crippen LogP contribution in [-0.4, -0.2) is 31.9 Å². The fourth-order valence-corrected chi connectivity index (χ4v) is 5.07. The Morgan fingerprint density at radius 3 is 1.63 bits per heavy atom. The van der Waals surface area contributed by atoms with Crippen molar-refractivity contribution in [1.82, 2.24) is 5.32 Å². The van der Waals surface area contributed by atoms with Gasteiger partial charge in [0.15, 0.2) is 9.84 Å². The number of carbonyl (C=O) groups is 1. The van der Waals surface area contributed by atoms with Crippen LogP contribution >= 0.6 is 0 Å². The second-order valence-corrected chi connectivity index (χ2v) is 11.0. The lowest BCUT2D eigenvalue weighted by molar-refractivity contribution is 0.209. The highest BCUT2D eigenvalue weighted by Gasteiger charge is 2.37. The average molecular weight is 527 g/mol. The number of hydrogen-bond acceptors (Lipinski definition) is 4. The zero-order valence-corrected chi connectivity index (χ0v) is 21.8. The number of anilines is 1. The van der Waals surface area contributed by atoms with E-state index in [0.717, 1.165) is 22.3 Å². The van der Waals surface area contributed by atoms with E-state index >= 15 is 0 Å². The molecule has 1 atom stereocenters. The molecular weight excluding hydrogens is 496 g/mol. The van der Waals surface area contributed by atoms with Crippen molar-refractivity contribution < 1.29 is 18.3 Å². The molecule has 0 saturated heterocycles. The first-order valence-electron chi connectivity index (χ1n) is 12.2. The molecule has 0 aliphatic carbocycles. The first-order chi connectivity index (χ1) is 18.3. The predicted octanol–water partition coefficient (Wildman–Crippen LogP) is 5.83. The van der Waals surface area contributed by atoms with Gasteiger partial charge in [-0.3, -0.25) is 10.6 Å². The molecule has 0 spiro atoms. The molecule has 1 amide bonds. The van der Waals surface area contributed by atoms with Crippen LogP contribution < -0.4 is 10.6 Å². The summed E-state index contributed by atoms with van der Waals surface area (Å²) in [5, 5.41) is 16.4. The van der Waals surface area contributed by atoms with E-state index in [9.17, 15) is 13.2 Å². The van der Waals surface area contributed by atoms with Crippen molar-refractivity contribution in [3.63, 3.8) is 0 Å². The first-order valence-corrected chi connectivity index (χ1v) is 14.1. The summed E-state index contributed by atoms with van der Waals surface area (Å²) in [5.41, 5.74) is 3.62. The third-order valence-corrected chi connectivity index (χ3v) is 6.89. The van der Waals surface area contributed by atoms with E-state index in [1.165, 1.54) is 11.7 Å². The average Bonchev–Trinajstić information content (AvgIpc) is 2.92. The molecule has 0 aromatic heterocycles. The van der Waals surface area contributed by atoms with Gasteiger partial charge in [-0.1, -0.05) is 109 Å². The highest BCUT2D eigenvalue weighted by Crippen LogP contribution is 2.37. The summed E-state index contributed by atoms with van der Waals surface area (Å²) in [4.78, 5) is 11.0. The van der Waals surface area contributed by atoms with Crippen LogP contribution in [0.1, 0.15) is 22.3 Å². The molecule has 0 fully saturated rings. The summed E-state index contributed by atoms with van der Waals surface area (Å²) in [7, 11) is -3.38. The summed E-state index contributed by atoms with van der Waals surface area (Å²) in [6, 6.07) is 36.9. The Morgan fingerprint density at radius 2 is 1.24 bits per heavy atom. The molecule has 0 saturated carbocycles. The minimum absolute atomic E-state index is 0.399. The monoisotopic (exact) mass is 526 g/mol. The van der Waals surface area contributed by atoms with Gasteiger partial charge in [0.25, 0.3) is 0 Å². The van der Waals surface area contributed by atoms with Gasteiger partial charge in [0.1, 0.15) is 0 Å². The van der Waals surface area contributed by atoms with E-state index in [2.05, 4.69) is 47.0 Å². The molecular formula is C31H30N2O4S. The molecule has 38 heavy (non-hydrogen) atoms. The fourth-order valence-electron chi connectivity index (χ4n) is 4.60. The SMILES string of the molecule is CS(=O)(=O)C=CC(Cc1ccc(NC(=O)O)cc1)NC(c1ccccc1)(c1ccccc1)c1ccccc1. The Kier molecular flexibility index (Phi) is 8.41. The third kappa shape index (κ3) is 6.76. The van der Waals surface area contributed by atoms with Crippen LogP contribution in [0.4, 0.5) is 10.5 Å². The molecule has 7 heteroatoms. The number of benzene rings is 4. The predicted molar refractivity (Wildman–Crippen MR) is 152 cm³/mol. The standard InChI is InChI=1S/C31H30N2O4S/c1-38(36,37)22-21-29(23-24-17-19-28(20-18-24)32-30(34)35)33-31(25-11-5-2-6-12-25,26-13-7-3-8-14-26)27-15-9-4-10-16-27/h2-22,29,32-33H,23H2,1H3,(H,34,35). The molecule has 3 N–H and O–H groups in total. The Bertz CT molecular complexity index is 1380. The molecule has 4 rings (SSSR count). The highest BCUT2D eigenvalue weighted by atomic mass is 32.2. The van der Waals surface area contributed by atoms with Gasteiger partial charge in [-0.05, 0) is 40.8 Å². The first kappa shape index (κ1) is 26.9. The smallest absolute Gasteiger partial charge is 0.409 e. The van der Waals surface area contributed by atoms with Crippen LogP contribution in [0.3, 0.4) is 0 Å². The number of rotatable bonds is 10. The second kappa shape index (κ2) is 11.9. The van der Waals surface area contributed by atoms with E-state index in [0.29, 0.717) is 12.1 Å². The fraction of sp³-hybridized carbons (Fsp3) is 0.129. The maximum atomic E-state index is 12.1. The molecule has 6 nitrogen and oxygen atoms in total. The lowest BCUT2D eigenvalue weighted by atomic mass is 9.76. The van der Waals surface area contributed by atoms with E-state index in [4.69, 9.17) is 5.11 Å². The molecule has 0 aliphatic rings. The van der Waals surface area contributed by atoms with Gasteiger partial charge >= 0.3 is 6.09 Å². The van der Waals surface area contributed by atoms with Crippen molar-refractivity contribution in [3.8, 4) is 0 Å². The van der Waals surface area contributed by atoms with Crippen LogP contribution in [0.15, 0.2) is 127 Å². The van der Waals surface area contributed by atoms with Crippen molar-refractivity contribution in [3.05, 3.63) is 149 Å². The number of nitrogens with one attached hydrogen (secondary N) is 2. The third-order valence-electron chi connectivity index (χ3n) is 6.24. The van der Waals surface area contributed by atoms with Crippen molar-refractivity contribution in [1.29, 1.82) is 0 Å². The summed E-state index contributed by atoms with van der Waals surface area (Å²) in [5.74, 6) is 0. The summed E-state index contributed by atoms with van der Waals surface area (Å²) < 4.78 is 24.3. The second-order valence-electron chi connectivity index (χ2n) is 9.09. The van der Waals surface area contributed by atoms with Crippen LogP contribution in [0.5, 0.6) is 0 Å². The van der Waals surface area contributed by atoms with E-state index in [1.54, 1.807) is 18.2 Å². The molecule has 0 heterocycles. The van der Waals surface area contributed by atoms with Gasteiger partial charge in [0.2, 0.25) is 0 Å². The summed E-state index contributed by atoms with van der Waals surface area (Å²) in [6.07, 6.45) is 2.19. The molecule has 0 radical (unpaired) electrons. The molecule has 0 aliphatic heterocycles. The van der Waals surface area contributed by atoms with Crippen molar-refractivity contribution in [2.75, 3.05) is 11.6 Å². The summed E-state index contributed by atoms with van der Waals surface area (Å²) in [6.45, 7) is 0. The van der Waals surface area contributed by atoms with Crippen LogP contribution in [0.25, 0.3) is 0 Å². The Balaban J connectivity index is 1.84. The number of sulfone groups is 1. The van der Waals surface area contributed by atoms with Crippen LogP contribution in [0, 0.1) is 0 Å². The minimum atomic E-state index is -3.38. The quantitative estimate of drug-likeness (QED) is 0.226. The maximum absolute atomic E-state index is 12.1. The van der Waals surface area contributed by atoms with E-state index in [-0.39, 0.29) is 0 Å². The maximum Gasteiger partial charge on any atom is 0.409 e. The Labute approximate surface area is 223 Å². The lowest BCUT2D eigenvalue weighted by Gasteiger charge is -2.39. The number of amides is 1. The molecule has 194 valence electrons. The van der Waals surface area contributed by atoms with E-state index < -0.39 is 27.5 Å².